The number of carbonyl (C=O) groups excluding carboxylic acids is 1. The molecule has 0 fully saturated rings. The van der Waals surface area contributed by atoms with Crippen molar-refractivity contribution in [2.45, 2.75) is 39.8 Å². The molecule has 0 heterocycles. The second-order valence-corrected chi connectivity index (χ2v) is 4.63. The third-order valence-corrected chi connectivity index (χ3v) is 3.01. The molecule has 0 aliphatic heterocycles. The lowest BCUT2D eigenvalue weighted by Crippen LogP contribution is -2.37. The lowest BCUT2D eigenvalue weighted by atomic mass is 10.0. The van der Waals surface area contributed by atoms with Crippen LogP contribution in [0.15, 0.2) is 24.3 Å². The van der Waals surface area contributed by atoms with Gasteiger partial charge in [0.2, 0.25) is 0 Å². The molecule has 0 aliphatic rings. The highest BCUT2D eigenvalue weighted by atomic mass is 16.1. The standard InChI is InChI=1S/C14H22N2O/c1-4-13(10(2)3)16-14(17)12-7-5-11(9-15)6-8-12/h5-8,10,13H,4,9,15H2,1-3H3,(H,16,17). The van der Waals surface area contributed by atoms with Crippen LogP contribution in [0.25, 0.3) is 0 Å². The highest BCUT2D eigenvalue weighted by Crippen LogP contribution is 2.08. The number of carbonyl (C=O) groups is 1. The molecule has 1 rings (SSSR count). The Balaban J connectivity index is 2.68. The van der Waals surface area contributed by atoms with Gasteiger partial charge in [-0.15, -0.1) is 0 Å². The summed E-state index contributed by atoms with van der Waals surface area (Å²) in [5.41, 5.74) is 7.25. The van der Waals surface area contributed by atoms with Gasteiger partial charge in [0.1, 0.15) is 0 Å². The van der Waals surface area contributed by atoms with Gasteiger partial charge in [-0.25, -0.2) is 0 Å². The van der Waals surface area contributed by atoms with Gasteiger partial charge in [-0.2, -0.15) is 0 Å². The second kappa shape index (κ2) is 6.40. The summed E-state index contributed by atoms with van der Waals surface area (Å²) >= 11 is 0. The van der Waals surface area contributed by atoms with Gasteiger partial charge in [0.15, 0.2) is 0 Å². The van der Waals surface area contributed by atoms with Gasteiger partial charge >= 0.3 is 0 Å². The van der Waals surface area contributed by atoms with E-state index in [-0.39, 0.29) is 11.9 Å². The van der Waals surface area contributed by atoms with Crippen molar-refractivity contribution in [1.29, 1.82) is 0 Å². The van der Waals surface area contributed by atoms with E-state index in [1.807, 2.05) is 24.3 Å². The quantitative estimate of drug-likeness (QED) is 0.821. The van der Waals surface area contributed by atoms with E-state index < -0.39 is 0 Å². The number of hydrogen-bond donors (Lipinski definition) is 2. The summed E-state index contributed by atoms with van der Waals surface area (Å²) in [4.78, 5) is 12.0. The second-order valence-electron chi connectivity index (χ2n) is 4.63. The largest absolute Gasteiger partial charge is 0.349 e. The minimum atomic E-state index is -0.00544. The van der Waals surface area contributed by atoms with E-state index in [2.05, 4.69) is 26.1 Å². The molecule has 0 spiro atoms. The molecule has 0 aliphatic carbocycles. The summed E-state index contributed by atoms with van der Waals surface area (Å²) in [6, 6.07) is 7.67. The van der Waals surface area contributed by atoms with Crippen molar-refractivity contribution < 1.29 is 4.79 Å². The van der Waals surface area contributed by atoms with E-state index in [0.717, 1.165) is 12.0 Å². The summed E-state index contributed by atoms with van der Waals surface area (Å²) < 4.78 is 0. The van der Waals surface area contributed by atoms with Crippen molar-refractivity contribution in [3.8, 4) is 0 Å². The van der Waals surface area contributed by atoms with Crippen LogP contribution in [0.3, 0.4) is 0 Å². The highest BCUT2D eigenvalue weighted by Gasteiger charge is 2.14. The molecular weight excluding hydrogens is 212 g/mol. The fourth-order valence-electron chi connectivity index (χ4n) is 1.78. The van der Waals surface area contributed by atoms with Crippen LogP contribution in [-0.4, -0.2) is 11.9 Å². The zero-order valence-corrected chi connectivity index (χ0v) is 10.9. The fourth-order valence-corrected chi connectivity index (χ4v) is 1.78. The van der Waals surface area contributed by atoms with Crippen LogP contribution in [0.4, 0.5) is 0 Å². The maximum absolute atomic E-state index is 12.0. The Bertz CT molecular complexity index is 357. The van der Waals surface area contributed by atoms with Crippen LogP contribution in [0.1, 0.15) is 43.1 Å². The summed E-state index contributed by atoms with van der Waals surface area (Å²) in [6.07, 6.45) is 0.949. The maximum Gasteiger partial charge on any atom is 0.251 e. The first-order valence-electron chi connectivity index (χ1n) is 6.18. The maximum atomic E-state index is 12.0. The van der Waals surface area contributed by atoms with E-state index in [1.54, 1.807) is 0 Å². The first-order chi connectivity index (χ1) is 8.08. The molecule has 0 saturated carbocycles. The Hall–Kier alpha value is -1.35. The van der Waals surface area contributed by atoms with Gasteiger partial charge in [0.25, 0.3) is 5.91 Å². The molecule has 17 heavy (non-hydrogen) atoms. The van der Waals surface area contributed by atoms with E-state index in [0.29, 0.717) is 18.0 Å². The predicted octanol–water partition coefficient (Wildman–Crippen LogP) is 2.31. The van der Waals surface area contributed by atoms with E-state index in [4.69, 9.17) is 5.73 Å². The van der Waals surface area contributed by atoms with Gasteiger partial charge in [0, 0.05) is 18.2 Å². The van der Waals surface area contributed by atoms with Crippen molar-refractivity contribution in [1.82, 2.24) is 5.32 Å². The molecule has 3 heteroatoms. The van der Waals surface area contributed by atoms with Crippen molar-refractivity contribution >= 4 is 5.91 Å². The Labute approximate surface area is 103 Å². The summed E-state index contributed by atoms with van der Waals surface area (Å²) in [5.74, 6) is 0.446. The summed E-state index contributed by atoms with van der Waals surface area (Å²) in [6.45, 7) is 6.83. The Morgan fingerprint density at radius 3 is 2.29 bits per heavy atom. The van der Waals surface area contributed by atoms with Crippen molar-refractivity contribution in [2.24, 2.45) is 11.7 Å². The zero-order valence-electron chi connectivity index (χ0n) is 10.9. The monoisotopic (exact) mass is 234 g/mol. The van der Waals surface area contributed by atoms with Crippen LogP contribution in [0, 0.1) is 5.92 Å². The molecule has 3 nitrogen and oxygen atoms in total. The van der Waals surface area contributed by atoms with E-state index in [1.165, 1.54) is 0 Å². The third-order valence-electron chi connectivity index (χ3n) is 3.01. The minimum absolute atomic E-state index is 0.00544. The normalized spacial score (nSPS) is 12.5. The SMILES string of the molecule is CCC(NC(=O)c1ccc(CN)cc1)C(C)C. The van der Waals surface area contributed by atoms with Crippen LogP contribution >= 0.6 is 0 Å². The molecule has 1 aromatic carbocycles. The van der Waals surface area contributed by atoms with Crippen LogP contribution in [-0.2, 0) is 6.54 Å². The third kappa shape index (κ3) is 3.86. The smallest absolute Gasteiger partial charge is 0.251 e. The van der Waals surface area contributed by atoms with Gasteiger partial charge in [-0.1, -0.05) is 32.9 Å². The average molecular weight is 234 g/mol. The first kappa shape index (κ1) is 13.7. The molecule has 0 saturated heterocycles. The molecule has 1 amide bonds. The Morgan fingerprint density at radius 1 is 1.29 bits per heavy atom. The van der Waals surface area contributed by atoms with Crippen molar-refractivity contribution in [3.63, 3.8) is 0 Å². The topological polar surface area (TPSA) is 55.1 Å². The molecule has 0 aromatic heterocycles. The molecule has 0 radical (unpaired) electrons. The molecule has 1 unspecified atom stereocenters. The summed E-state index contributed by atoms with van der Waals surface area (Å²) in [5, 5.41) is 3.05. The van der Waals surface area contributed by atoms with Gasteiger partial charge in [-0.05, 0) is 30.0 Å². The molecular formula is C14H22N2O. The van der Waals surface area contributed by atoms with Gasteiger partial charge < -0.3 is 11.1 Å². The minimum Gasteiger partial charge on any atom is -0.349 e. The van der Waals surface area contributed by atoms with E-state index >= 15 is 0 Å². The van der Waals surface area contributed by atoms with Crippen LogP contribution in [0.5, 0.6) is 0 Å². The van der Waals surface area contributed by atoms with Crippen LogP contribution in [0.2, 0.25) is 0 Å². The summed E-state index contributed by atoms with van der Waals surface area (Å²) in [7, 11) is 0. The Kier molecular flexibility index (Phi) is 5.16. The number of nitrogens with one attached hydrogen (secondary N) is 1. The van der Waals surface area contributed by atoms with Gasteiger partial charge in [0.05, 0.1) is 0 Å². The number of hydrogen-bond acceptors (Lipinski definition) is 2. The molecule has 0 bridgehead atoms. The predicted molar refractivity (Wildman–Crippen MR) is 70.7 cm³/mol. The molecule has 1 aromatic rings. The lowest BCUT2D eigenvalue weighted by molar-refractivity contribution is 0.0924. The highest BCUT2D eigenvalue weighted by molar-refractivity contribution is 5.94. The van der Waals surface area contributed by atoms with Crippen molar-refractivity contribution in [2.75, 3.05) is 0 Å². The zero-order chi connectivity index (χ0) is 12.8. The lowest BCUT2D eigenvalue weighted by Gasteiger charge is -2.20. The average Bonchev–Trinajstić information content (AvgIpc) is 2.35. The molecule has 3 N–H and O–H groups in total. The number of rotatable bonds is 5. The Morgan fingerprint density at radius 2 is 1.88 bits per heavy atom. The fraction of sp³-hybridized carbons (Fsp3) is 0.500. The first-order valence-corrected chi connectivity index (χ1v) is 6.18. The van der Waals surface area contributed by atoms with Gasteiger partial charge in [-0.3, -0.25) is 4.79 Å². The van der Waals surface area contributed by atoms with E-state index in [9.17, 15) is 4.79 Å². The number of benzene rings is 1. The van der Waals surface area contributed by atoms with Crippen LogP contribution < -0.4 is 11.1 Å². The van der Waals surface area contributed by atoms with Crippen molar-refractivity contribution in [3.05, 3.63) is 35.4 Å². The number of amides is 1. The molecule has 94 valence electrons. The number of nitrogens with two attached hydrogens (primary N) is 1. The molecule has 1 atom stereocenters.